The number of pyridine rings is 1. The standard InChI is InChI=1S/C12H12BrClN4OS/c1-18(5-9-4-8(13)6-20-9)12(19)7-2-10(14)16-11(3-7)17-15/h2-4,6H,5,15H2,1H3,(H,16,17). The van der Waals surface area contributed by atoms with Gasteiger partial charge >= 0.3 is 0 Å². The number of anilines is 1. The average Bonchev–Trinajstić information content (AvgIpc) is 2.82. The van der Waals surface area contributed by atoms with Gasteiger partial charge in [-0.1, -0.05) is 11.6 Å². The van der Waals surface area contributed by atoms with Gasteiger partial charge in [0.25, 0.3) is 5.91 Å². The van der Waals surface area contributed by atoms with Crippen LogP contribution in [0.25, 0.3) is 0 Å². The van der Waals surface area contributed by atoms with Crippen molar-refractivity contribution in [1.29, 1.82) is 0 Å². The summed E-state index contributed by atoms with van der Waals surface area (Å²) >= 11 is 10.8. The zero-order chi connectivity index (χ0) is 14.7. The Morgan fingerprint density at radius 3 is 2.90 bits per heavy atom. The number of thiophene rings is 1. The Kier molecular flexibility index (Phi) is 4.98. The summed E-state index contributed by atoms with van der Waals surface area (Å²) in [6.45, 7) is 0.528. The van der Waals surface area contributed by atoms with Crippen LogP contribution in [0.1, 0.15) is 15.2 Å². The van der Waals surface area contributed by atoms with Crippen LogP contribution in [-0.2, 0) is 6.54 Å². The monoisotopic (exact) mass is 374 g/mol. The van der Waals surface area contributed by atoms with E-state index in [-0.39, 0.29) is 11.1 Å². The lowest BCUT2D eigenvalue weighted by atomic mass is 10.2. The van der Waals surface area contributed by atoms with Gasteiger partial charge in [-0.2, -0.15) is 0 Å². The molecule has 0 aromatic carbocycles. The number of hydrogen-bond acceptors (Lipinski definition) is 5. The molecule has 106 valence electrons. The number of rotatable bonds is 4. The van der Waals surface area contributed by atoms with Gasteiger partial charge in [-0.25, -0.2) is 10.8 Å². The zero-order valence-corrected chi connectivity index (χ0v) is 13.7. The van der Waals surface area contributed by atoms with Crippen molar-refractivity contribution in [3.05, 3.63) is 43.6 Å². The van der Waals surface area contributed by atoms with E-state index in [1.54, 1.807) is 29.4 Å². The predicted octanol–water partition coefficient (Wildman–Crippen LogP) is 3.12. The molecule has 20 heavy (non-hydrogen) atoms. The number of nitrogens with zero attached hydrogens (tertiary/aromatic N) is 2. The quantitative estimate of drug-likeness (QED) is 0.489. The van der Waals surface area contributed by atoms with Crippen LogP contribution in [0, 0.1) is 0 Å². The Morgan fingerprint density at radius 2 is 2.30 bits per heavy atom. The van der Waals surface area contributed by atoms with E-state index in [1.165, 1.54) is 6.07 Å². The van der Waals surface area contributed by atoms with E-state index in [1.807, 2.05) is 11.4 Å². The first kappa shape index (κ1) is 15.2. The van der Waals surface area contributed by atoms with E-state index in [4.69, 9.17) is 17.4 Å². The minimum absolute atomic E-state index is 0.143. The van der Waals surface area contributed by atoms with E-state index in [2.05, 4.69) is 26.3 Å². The van der Waals surface area contributed by atoms with Crippen LogP contribution in [0.5, 0.6) is 0 Å². The molecule has 0 aliphatic rings. The third kappa shape index (κ3) is 3.69. The van der Waals surface area contributed by atoms with E-state index in [0.717, 1.165) is 9.35 Å². The predicted molar refractivity (Wildman–Crippen MR) is 84.9 cm³/mol. The molecule has 2 aromatic rings. The van der Waals surface area contributed by atoms with Gasteiger partial charge in [0.1, 0.15) is 11.0 Å². The van der Waals surface area contributed by atoms with Crippen molar-refractivity contribution in [3.63, 3.8) is 0 Å². The summed E-state index contributed by atoms with van der Waals surface area (Å²) in [5.41, 5.74) is 2.83. The third-order valence-corrected chi connectivity index (χ3v) is 4.43. The summed E-state index contributed by atoms with van der Waals surface area (Å²) in [7, 11) is 1.74. The fourth-order valence-electron chi connectivity index (χ4n) is 1.66. The summed E-state index contributed by atoms with van der Waals surface area (Å²) in [6, 6.07) is 5.07. The molecule has 0 saturated heterocycles. The molecule has 0 radical (unpaired) electrons. The lowest BCUT2D eigenvalue weighted by molar-refractivity contribution is 0.0786. The SMILES string of the molecule is CN(Cc1cc(Br)cs1)C(=O)c1cc(Cl)nc(NN)c1. The second-order valence-electron chi connectivity index (χ2n) is 4.10. The molecule has 5 nitrogen and oxygen atoms in total. The highest BCUT2D eigenvalue weighted by Gasteiger charge is 2.15. The Bertz CT molecular complexity index is 634. The maximum atomic E-state index is 12.3. The number of carbonyl (C=O) groups is 1. The minimum atomic E-state index is -0.143. The second-order valence-corrected chi connectivity index (χ2v) is 6.40. The summed E-state index contributed by atoms with van der Waals surface area (Å²) in [5.74, 6) is 5.50. The van der Waals surface area contributed by atoms with E-state index in [0.29, 0.717) is 17.9 Å². The van der Waals surface area contributed by atoms with Crippen molar-refractivity contribution in [1.82, 2.24) is 9.88 Å². The van der Waals surface area contributed by atoms with Gasteiger partial charge in [-0.3, -0.25) is 4.79 Å². The highest BCUT2D eigenvalue weighted by atomic mass is 79.9. The molecule has 0 bridgehead atoms. The van der Waals surface area contributed by atoms with Crippen LogP contribution in [0.2, 0.25) is 5.15 Å². The second kappa shape index (κ2) is 6.53. The summed E-state index contributed by atoms with van der Waals surface area (Å²) in [4.78, 5) is 19.0. The first-order chi connectivity index (χ1) is 9.49. The highest BCUT2D eigenvalue weighted by molar-refractivity contribution is 9.10. The maximum absolute atomic E-state index is 12.3. The van der Waals surface area contributed by atoms with Gasteiger partial charge in [-0.15, -0.1) is 11.3 Å². The number of hydrogen-bond donors (Lipinski definition) is 2. The van der Waals surface area contributed by atoms with Crippen LogP contribution < -0.4 is 11.3 Å². The molecule has 2 rings (SSSR count). The fourth-order valence-corrected chi connectivity index (χ4v) is 3.37. The molecular formula is C12H12BrClN4OS. The van der Waals surface area contributed by atoms with Crippen LogP contribution in [-0.4, -0.2) is 22.8 Å². The number of aromatic nitrogens is 1. The molecule has 0 saturated carbocycles. The van der Waals surface area contributed by atoms with Gasteiger partial charge in [-0.05, 0) is 34.1 Å². The van der Waals surface area contributed by atoms with Crippen molar-refractivity contribution in [2.75, 3.05) is 12.5 Å². The van der Waals surface area contributed by atoms with Crippen molar-refractivity contribution in [2.45, 2.75) is 6.54 Å². The summed E-state index contributed by atoms with van der Waals surface area (Å²) in [5, 5.41) is 2.20. The van der Waals surface area contributed by atoms with E-state index in [9.17, 15) is 4.79 Å². The molecular weight excluding hydrogens is 364 g/mol. The molecule has 0 aliphatic heterocycles. The number of nitrogens with two attached hydrogens (primary N) is 1. The molecule has 0 unspecified atom stereocenters. The molecule has 2 aromatic heterocycles. The first-order valence-corrected chi connectivity index (χ1v) is 7.67. The molecule has 1 amide bonds. The molecule has 2 heterocycles. The van der Waals surface area contributed by atoms with Crippen LogP contribution in [0.4, 0.5) is 5.82 Å². The van der Waals surface area contributed by atoms with Crippen LogP contribution in [0.15, 0.2) is 28.1 Å². The van der Waals surface area contributed by atoms with Crippen LogP contribution >= 0.6 is 38.9 Å². The van der Waals surface area contributed by atoms with E-state index < -0.39 is 0 Å². The van der Waals surface area contributed by atoms with Crippen molar-refractivity contribution in [3.8, 4) is 0 Å². The van der Waals surface area contributed by atoms with Crippen molar-refractivity contribution in [2.24, 2.45) is 5.84 Å². The van der Waals surface area contributed by atoms with Gasteiger partial charge in [0.05, 0.1) is 6.54 Å². The molecule has 0 aliphatic carbocycles. The highest BCUT2D eigenvalue weighted by Crippen LogP contribution is 2.22. The smallest absolute Gasteiger partial charge is 0.254 e. The van der Waals surface area contributed by atoms with Gasteiger partial charge < -0.3 is 10.3 Å². The van der Waals surface area contributed by atoms with E-state index >= 15 is 0 Å². The van der Waals surface area contributed by atoms with Crippen LogP contribution in [0.3, 0.4) is 0 Å². The minimum Gasteiger partial charge on any atom is -0.337 e. The molecule has 3 N–H and O–H groups in total. The normalized spacial score (nSPS) is 10.4. The van der Waals surface area contributed by atoms with Gasteiger partial charge in [0, 0.05) is 27.3 Å². The summed E-state index contributed by atoms with van der Waals surface area (Å²) in [6.07, 6.45) is 0. The summed E-state index contributed by atoms with van der Waals surface area (Å²) < 4.78 is 1.01. The Morgan fingerprint density at radius 1 is 1.55 bits per heavy atom. The molecule has 8 heteroatoms. The third-order valence-electron chi connectivity index (χ3n) is 2.55. The number of halogens is 2. The average molecular weight is 376 g/mol. The maximum Gasteiger partial charge on any atom is 0.254 e. The topological polar surface area (TPSA) is 71.2 Å². The number of amides is 1. The number of hydrazine groups is 1. The number of nitrogens with one attached hydrogen (secondary N) is 1. The zero-order valence-electron chi connectivity index (χ0n) is 10.6. The Balaban J connectivity index is 2.15. The molecule has 0 atom stereocenters. The lowest BCUT2D eigenvalue weighted by Crippen LogP contribution is -2.26. The van der Waals surface area contributed by atoms with Gasteiger partial charge in [0.2, 0.25) is 0 Å². The molecule has 0 fully saturated rings. The molecule has 0 spiro atoms. The van der Waals surface area contributed by atoms with Crippen molar-refractivity contribution >= 4 is 50.6 Å². The number of carbonyl (C=O) groups excluding carboxylic acids is 1. The largest absolute Gasteiger partial charge is 0.337 e. The number of nitrogen functional groups attached to an aromatic ring is 1. The van der Waals surface area contributed by atoms with Gasteiger partial charge in [0.15, 0.2) is 0 Å². The van der Waals surface area contributed by atoms with Crippen molar-refractivity contribution < 1.29 is 4.79 Å². The lowest BCUT2D eigenvalue weighted by Gasteiger charge is -2.16. The fraction of sp³-hybridized carbons (Fsp3) is 0.167. The Labute approximate surface area is 133 Å². The first-order valence-electron chi connectivity index (χ1n) is 5.62. The Hall–Kier alpha value is -1.15.